The van der Waals surface area contributed by atoms with Gasteiger partial charge in [-0.25, -0.2) is 0 Å². The van der Waals surface area contributed by atoms with Crippen molar-refractivity contribution in [2.24, 2.45) is 17.3 Å². The minimum absolute atomic E-state index is 0.0795. The van der Waals surface area contributed by atoms with E-state index in [4.69, 9.17) is 0 Å². The van der Waals surface area contributed by atoms with Gasteiger partial charge in [-0.15, -0.1) is 17.9 Å². The van der Waals surface area contributed by atoms with Gasteiger partial charge in [0, 0.05) is 30.4 Å². The van der Waals surface area contributed by atoms with Crippen molar-refractivity contribution in [1.82, 2.24) is 10.2 Å². The summed E-state index contributed by atoms with van der Waals surface area (Å²) >= 11 is 1.72. The molecule has 1 saturated carbocycles. The van der Waals surface area contributed by atoms with Crippen LogP contribution in [0.2, 0.25) is 0 Å². The van der Waals surface area contributed by atoms with Gasteiger partial charge in [-0.2, -0.15) is 0 Å². The van der Waals surface area contributed by atoms with Crippen LogP contribution in [0.4, 0.5) is 0 Å². The van der Waals surface area contributed by atoms with Crippen LogP contribution < -0.4 is 5.32 Å². The van der Waals surface area contributed by atoms with Gasteiger partial charge in [-0.1, -0.05) is 43.3 Å². The number of carbonyl (C=O) groups excluding carboxylic acids is 2. The first-order valence-corrected chi connectivity index (χ1v) is 11.7. The van der Waals surface area contributed by atoms with Gasteiger partial charge in [-0.05, 0) is 54.2 Å². The summed E-state index contributed by atoms with van der Waals surface area (Å²) in [6.45, 7) is 7.66. The second-order valence-electron chi connectivity index (χ2n) is 8.78. The molecule has 2 amide bonds. The van der Waals surface area contributed by atoms with E-state index in [0.717, 1.165) is 6.42 Å². The molecular weight excluding hydrogens is 392 g/mol. The molecule has 30 heavy (non-hydrogen) atoms. The largest absolute Gasteiger partial charge is 0.352 e. The van der Waals surface area contributed by atoms with Crippen LogP contribution in [0.3, 0.4) is 0 Å². The number of amides is 2. The van der Waals surface area contributed by atoms with Gasteiger partial charge in [-0.3, -0.25) is 9.59 Å². The summed E-state index contributed by atoms with van der Waals surface area (Å²) in [6.07, 6.45) is 4.82. The number of thiophene rings is 1. The zero-order valence-corrected chi connectivity index (χ0v) is 18.4. The van der Waals surface area contributed by atoms with Crippen molar-refractivity contribution in [2.75, 3.05) is 19.6 Å². The molecule has 158 valence electrons. The molecule has 4 nitrogen and oxygen atoms in total. The van der Waals surface area contributed by atoms with Crippen LogP contribution >= 0.6 is 11.3 Å². The lowest BCUT2D eigenvalue weighted by molar-refractivity contribution is -0.141. The topological polar surface area (TPSA) is 49.4 Å². The van der Waals surface area contributed by atoms with E-state index in [2.05, 4.69) is 60.6 Å². The van der Waals surface area contributed by atoms with Gasteiger partial charge in [0.15, 0.2) is 0 Å². The number of rotatable bonds is 7. The highest BCUT2D eigenvalue weighted by Gasteiger charge is 2.46. The lowest BCUT2D eigenvalue weighted by Gasteiger charge is -2.41. The number of likely N-dealkylation sites (tertiary alicyclic amines) is 1. The molecule has 5 heteroatoms. The first-order valence-electron chi connectivity index (χ1n) is 10.8. The zero-order valence-electron chi connectivity index (χ0n) is 17.6. The Hall–Kier alpha value is -2.40. The summed E-state index contributed by atoms with van der Waals surface area (Å²) in [5.41, 5.74) is 1.88. The first kappa shape index (κ1) is 20.9. The monoisotopic (exact) mass is 422 g/mol. The maximum atomic E-state index is 13.2. The lowest BCUT2D eigenvalue weighted by Crippen LogP contribution is -2.51. The number of carbonyl (C=O) groups is 2. The van der Waals surface area contributed by atoms with Gasteiger partial charge >= 0.3 is 0 Å². The van der Waals surface area contributed by atoms with E-state index in [0.29, 0.717) is 44.8 Å². The fraction of sp³-hybridized carbons (Fsp3) is 0.440. The SMILES string of the molecule is C=CCNC(=O)C1(Cc2cccc(-c3cccs3)c2)CCN(C(=O)[C@@H]2C[C@@H]2C)CC1. The maximum absolute atomic E-state index is 13.2. The molecule has 0 bridgehead atoms. The molecule has 2 aliphatic rings. The Labute approximate surface area is 183 Å². The molecule has 1 aliphatic heterocycles. The number of hydrogen-bond acceptors (Lipinski definition) is 3. The minimum atomic E-state index is -0.483. The smallest absolute Gasteiger partial charge is 0.226 e. The molecular formula is C25H30N2O2S. The molecule has 1 aromatic carbocycles. The number of piperidine rings is 1. The van der Waals surface area contributed by atoms with Crippen molar-refractivity contribution in [3.05, 3.63) is 60.0 Å². The van der Waals surface area contributed by atoms with Crippen LogP contribution in [0.15, 0.2) is 54.4 Å². The van der Waals surface area contributed by atoms with Crippen molar-refractivity contribution in [3.63, 3.8) is 0 Å². The molecule has 1 aromatic heterocycles. The average Bonchev–Trinajstić information content (AvgIpc) is 3.25. The summed E-state index contributed by atoms with van der Waals surface area (Å²) in [5, 5.41) is 5.12. The highest BCUT2D eigenvalue weighted by atomic mass is 32.1. The van der Waals surface area contributed by atoms with Gasteiger partial charge in [0.25, 0.3) is 0 Å². The Morgan fingerprint density at radius 3 is 2.67 bits per heavy atom. The quantitative estimate of drug-likeness (QED) is 0.667. The van der Waals surface area contributed by atoms with E-state index in [9.17, 15) is 9.59 Å². The Morgan fingerprint density at radius 2 is 2.03 bits per heavy atom. The summed E-state index contributed by atoms with van der Waals surface area (Å²) in [7, 11) is 0. The summed E-state index contributed by atoms with van der Waals surface area (Å²) < 4.78 is 0. The third kappa shape index (κ3) is 4.36. The number of nitrogens with one attached hydrogen (secondary N) is 1. The Morgan fingerprint density at radius 1 is 1.27 bits per heavy atom. The van der Waals surface area contributed by atoms with Gasteiger partial charge in [0.1, 0.15) is 0 Å². The molecule has 2 heterocycles. The number of benzene rings is 1. The third-order valence-corrected chi connectivity index (χ3v) is 7.54. The standard InChI is InChI=1S/C25H30N2O2S/c1-3-11-26-24(29)25(9-12-27(13-10-25)23(28)21-15-18(21)2)17-19-6-4-7-20(16-19)22-8-5-14-30-22/h3-8,14,16,18,21H,1,9-13,15,17H2,2H3,(H,26,29)/t18-,21+/m0/s1. The minimum Gasteiger partial charge on any atom is -0.352 e. The van der Waals surface area contributed by atoms with E-state index in [1.807, 2.05) is 4.90 Å². The van der Waals surface area contributed by atoms with Crippen molar-refractivity contribution in [3.8, 4) is 10.4 Å². The zero-order chi connectivity index (χ0) is 21.1. The van der Waals surface area contributed by atoms with Gasteiger partial charge in [0.05, 0.1) is 5.41 Å². The van der Waals surface area contributed by atoms with Crippen molar-refractivity contribution in [2.45, 2.75) is 32.6 Å². The third-order valence-electron chi connectivity index (χ3n) is 6.62. The van der Waals surface area contributed by atoms with E-state index < -0.39 is 5.41 Å². The molecule has 1 aliphatic carbocycles. The second-order valence-corrected chi connectivity index (χ2v) is 9.73. The normalized spacial score (nSPS) is 22.4. The predicted octanol–water partition coefficient (Wildman–Crippen LogP) is 4.52. The van der Waals surface area contributed by atoms with E-state index >= 15 is 0 Å². The Kier molecular flexibility index (Phi) is 6.09. The molecule has 0 radical (unpaired) electrons. The van der Waals surface area contributed by atoms with Gasteiger partial charge < -0.3 is 10.2 Å². The summed E-state index contributed by atoms with van der Waals surface area (Å²) in [4.78, 5) is 29.1. The van der Waals surface area contributed by atoms with Crippen LogP contribution in [0, 0.1) is 17.3 Å². The van der Waals surface area contributed by atoms with Gasteiger partial charge in [0.2, 0.25) is 11.8 Å². The molecule has 2 fully saturated rings. The summed E-state index contributed by atoms with van der Waals surface area (Å²) in [6, 6.07) is 12.7. The van der Waals surface area contributed by atoms with E-state index in [-0.39, 0.29) is 17.7 Å². The predicted molar refractivity (Wildman–Crippen MR) is 122 cm³/mol. The molecule has 0 unspecified atom stereocenters. The lowest BCUT2D eigenvalue weighted by atomic mass is 9.72. The maximum Gasteiger partial charge on any atom is 0.226 e. The molecule has 1 saturated heterocycles. The van der Waals surface area contributed by atoms with E-state index in [1.54, 1.807) is 17.4 Å². The Balaban J connectivity index is 1.52. The second kappa shape index (κ2) is 8.76. The Bertz CT molecular complexity index is 913. The molecule has 4 rings (SSSR count). The fourth-order valence-electron chi connectivity index (χ4n) is 4.56. The summed E-state index contributed by atoms with van der Waals surface area (Å²) in [5.74, 6) is 1.08. The highest BCUT2D eigenvalue weighted by Crippen LogP contribution is 2.42. The van der Waals surface area contributed by atoms with Crippen LogP contribution in [-0.4, -0.2) is 36.3 Å². The van der Waals surface area contributed by atoms with E-state index in [1.165, 1.54) is 16.0 Å². The van der Waals surface area contributed by atoms with Crippen LogP contribution in [-0.2, 0) is 16.0 Å². The molecule has 2 atom stereocenters. The van der Waals surface area contributed by atoms with Crippen molar-refractivity contribution < 1.29 is 9.59 Å². The average molecular weight is 423 g/mol. The first-order chi connectivity index (χ1) is 14.5. The highest BCUT2D eigenvalue weighted by molar-refractivity contribution is 7.13. The van der Waals surface area contributed by atoms with Crippen LogP contribution in [0.25, 0.3) is 10.4 Å². The molecule has 2 aromatic rings. The number of hydrogen-bond donors (Lipinski definition) is 1. The molecule has 1 N–H and O–H groups in total. The van der Waals surface area contributed by atoms with Crippen LogP contribution in [0.1, 0.15) is 31.7 Å². The van der Waals surface area contributed by atoms with Crippen molar-refractivity contribution in [1.29, 1.82) is 0 Å². The number of nitrogens with zero attached hydrogens (tertiary/aromatic N) is 1. The molecule has 0 spiro atoms. The van der Waals surface area contributed by atoms with Crippen molar-refractivity contribution >= 4 is 23.2 Å². The van der Waals surface area contributed by atoms with Crippen LogP contribution in [0.5, 0.6) is 0 Å². The fourth-order valence-corrected chi connectivity index (χ4v) is 5.28.